The molecule has 0 saturated carbocycles. The lowest BCUT2D eigenvalue weighted by Crippen LogP contribution is -2.48. The predicted molar refractivity (Wildman–Crippen MR) is 83.6 cm³/mol. The number of amides is 1. The largest absolute Gasteiger partial charge is 0.393 e. The number of piperidine rings is 1. The van der Waals surface area contributed by atoms with Crippen molar-refractivity contribution in [2.24, 2.45) is 0 Å². The van der Waals surface area contributed by atoms with E-state index in [-0.39, 0.29) is 24.1 Å². The van der Waals surface area contributed by atoms with Crippen LogP contribution in [0.15, 0.2) is 18.2 Å². The molecule has 1 aromatic rings. The minimum atomic E-state index is -0.233. The number of aryl methyl sites for hydroxylation is 1. The topological polar surface area (TPSA) is 52.6 Å². The number of carbonyl (C=O) groups excluding carboxylic acids is 1. The molecule has 2 bridgehead atoms. The maximum atomic E-state index is 12.9. The van der Waals surface area contributed by atoms with Crippen LogP contribution in [-0.4, -0.2) is 40.6 Å². The van der Waals surface area contributed by atoms with Gasteiger partial charge in [0.2, 0.25) is 0 Å². The lowest BCUT2D eigenvalue weighted by molar-refractivity contribution is 0.0286. The molecule has 0 aliphatic carbocycles. The highest BCUT2D eigenvalue weighted by atomic mass is 16.3. The van der Waals surface area contributed by atoms with E-state index in [0.29, 0.717) is 0 Å². The van der Waals surface area contributed by atoms with Gasteiger partial charge in [-0.3, -0.25) is 4.79 Å². The number of rotatable bonds is 3. The molecular formula is C17H24N2O2. The molecule has 2 unspecified atom stereocenters. The van der Waals surface area contributed by atoms with Crippen LogP contribution >= 0.6 is 0 Å². The second-order valence-electron chi connectivity index (χ2n) is 6.28. The number of nitrogens with zero attached hydrogens (tertiary/aromatic N) is 1. The van der Waals surface area contributed by atoms with Crippen LogP contribution in [0, 0.1) is 6.92 Å². The number of hydrogen-bond donors (Lipinski definition) is 2. The molecule has 2 fully saturated rings. The summed E-state index contributed by atoms with van der Waals surface area (Å²) in [7, 11) is 0. The Kier molecular flexibility index (Phi) is 3.89. The second-order valence-corrected chi connectivity index (χ2v) is 6.28. The van der Waals surface area contributed by atoms with Crippen LogP contribution < -0.4 is 5.32 Å². The Hall–Kier alpha value is -1.55. The summed E-state index contributed by atoms with van der Waals surface area (Å²) in [6, 6.07) is 6.39. The Morgan fingerprint density at radius 3 is 2.57 bits per heavy atom. The van der Waals surface area contributed by atoms with Gasteiger partial charge in [0.1, 0.15) is 0 Å². The molecule has 2 N–H and O–H groups in total. The van der Waals surface area contributed by atoms with Gasteiger partial charge in [0.15, 0.2) is 0 Å². The third kappa shape index (κ3) is 2.64. The minimum Gasteiger partial charge on any atom is -0.393 e. The molecule has 2 atom stereocenters. The first kappa shape index (κ1) is 14.4. The molecule has 1 aromatic carbocycles. The molecule has 114 valence electrons. The molecule has 4 nitrogen and oxygen atoms in total. The van der Waals surface area contributed by atoms with Crippen molar-refractivity contribution in [1.82, 2.24) is 4.90 Å². The summed E-state index contributed by atoms with van der Waals surface area (Å²) in [5.41, 5.74) is 2.87. The van der Waals surface area contributed by atoms with Gasteiger partial charge in [-0.1, -0.05) is 0 Å². The highest BCUT2D eigenvalue weighted by Crippen LogP contribution is 2.37. The normalized spacial score (nSPS) is 27.8. The molecule has 2 aliphatic rings. The predicted octanol–water partition coefficient (Wildman–Crippen LogP) is 2.55. The monoisotopic (exact) mass is 288 g/mol. The number of carbonyl (C=O) groups is 1. The lowest BCUT2D eigenvalue weighted by Gasteiger charge is -2.37. The van der Waals surface area contributed by atoms with Crippen LogP contribution in [0.5, 0.6) is 0 Å². The third-order valence-corrected chi connectivity index (χ3v) is 4.78. The van der Waals surface area contributed by atoms with Crippen molar-refractivity contribution >= 4 is 11.6 Å². The van der Waals surface area contributed by atoms with Crippen molar-refractivity contribution in [3.8, 4) is 0 Å². The molecule has 3 rings (SSSR count). The summed E-state index contributed by atoms with van der Waals surface area (Å²) < 4.78 is 0. The molecule has 1 amide bonds. The standard InChI is InChI=1S/C17H24N2O2/c1-3-18-12-4-7-16(11(2)8-12)17(21)19-13-5-6-14(19)10-15(20)9-13/h4,7-8,13-15,18,20H,3,5-6,9-10H2,1-2H3. The number of anilines is 1. The summed E-state index contributed by atoms with van der Waals surface area (Å²) >= 11 is 0. The molecular weight excluding hydrogens is 264 g/mol. The fraction of sp³-hybridized carbons (Fsp3) is 0.588. The molecule has 4 heteroatoms. The average molecular weight is 288 g/mol. The van der Waals surface area contributed by atoms with E-state index >= 15 is 0 Å². The Bertz CT molecular complexity index is 530. The number of hydrogen-bond acceptors (Lipinski definition) is 3. The minimum absolute atomic E-state index is 0.134. The van der Waals surface area contributed by atoms with E-state index in [4.69, 9.17) is 0 Å². The number of fused-ring (bicyclic) bond motifs is 2. The lowest BCUT2D eigenvalue weighted by atomic mass is 9.97. The highest BCUT2D eigenvalue weighted by molar-refractivity contribution is 5.96. The molecule has 0 radical (unpaired) electrons. The Morgan fingerprint density at radius 1 is 1.33 bits per heavy atom. The molecule has 2 heterocycles. The number of benzene rings is 1. The van der Waals surface area contributed by atoms with E-state index in [1.54, 1.807) is 0 Å². The van der Waals surface area contributed by atoms with Gasteiger partial charge < -0.3 is 15.3 Å². The van der Waals surface area contributed by atoms with E-state index in [2.05, 4.69) is 12.2 Å². The maximum Gasteiger partial charge on any atom is 0.254 e. The first-order valence-corrected chi connectivity index (χ1v) is 7.95. The fourth-order valence-electron chi connectivity index (χ4n) is 3.84. The van der Waals surface area contributed by atoms with Crippen LogP contribution in [0.1, 0.15) is 48.5 Å². The van der Waals surface area contributed by atoms with Gasteiger partial charge in [-0.25, -0.2) is 0 Å². The molecule has 0 aromatic heterocycles. The molecule has 21 heavy (non-hydrogen) atoms. The van der Waals surface area contributed by atoms with E-state index in [9.17, 15) is 9.90 Å². The van der Waals surface area contributed by atoms with Crippen molar-refractivity contribution in [2.75, 3.05) is 11.9 Å². The second kappa shape index (κ2) is 5.68. The van der Waals surface area contributed by atoms with Crippen LogP contribution in [0.4, 0.5) is 5.69 Å². The summed E-state index contributed by atoms with van der Waals surface area (Å²) in [6.45, 7) is 4.93. The zero-order chi connectivity index (χ0) is 15.0. The summed E-state index contributed by atoms with van der Waals surface area (Å²) in [4.78, 5) is 14.9. The van der Waals surface area contributed by atoms with Gasteiger partial charge in [0.25, 0.3) is 5.91 Å². The van der Waals surface area contributed by atoms with Crippen molar-refractivity contribution in [1.29, 1.82) is 0 Å². The van der Waals surface area contributed by atoms with Crippen molar-refractivity contribution in [2.45, 2.75) is 57.7 Å². The van der Waals surface area contributed by atoms with Crippen LogP contribution in [0.25, 0.3) is 0 Å². The van der Waals surface area contributed by atoms with E-state index in [0.717, 1.165) is 49.0 Å². The van der Waals surface area contributed by atoms with Gasteiger partial charge >= 0.3 is 0 Å². The van der Waals surface area contributed by atoms with Gasteiger partial charge in [-0.05, 0) is 63.3 Å². The van der Waals surface area contributed by atoms with Crippen molar-refractivity contribution in [3.05, 3.63) is 29.3 Å². The smallest absolute Gasteiger partial charge is 0.254 e. The number of nitrogens with one attached hydrogen (secondary N) is 1. The molecule has 2 saturated heterocycles. The quantitative estimate of drug-likeness (QED) is 0.898. The Labute approximate surface area is 126 Å². The van der Waals surface area contributed by atoms with E-state index < -0.39 is 0 Å². The van der Waals surface area contributed by atoms with Crippen molar-refractivity contribution in [3.63, 3.8) is 0 Å². The van der Waals surface area contributed by atoms with E-state index in [1.165, 1.54) is 0 Å². The highest BCUT2D eigenvalue weighted by Gasteiger charge is 2.43. The molecule has 0 spiro atoms. The van der Waals surface area contributed by atoms with Gasteiger partial charge in [0, 0.05) is 29.9 Å². The first-order valence-electron chi connectivity index (χ1n) is 7.95. The third-order valence-electron chi connectivity index (χ3n) is 4.78. The Balaban J connectivity index is 1.83. The summed E-state index contributed by atoms with van der Waals surface area (Å²) in [6.07, 6.45) is 3.29. The van der Waals surface area contributed by atoms with Gasteiger partial charge in [0.05, 0.1) is 6.10 Å². The van der Waals surface area contributed by atoms with Crippen LogP contribution in [0.2, 0.25) is 0 Å². The molecule has 2 aliphatic heterocycles. The summed E-state index contributed by atoms with van der Waals surface area (Å²) in [5.74, 6) is 0.134. The maximum absolute atomic E-state index is 12.9. The van der Waals surface area contributed by atoms with Gasteiger partial charge in [-0.15, -0.1) is 0 Å². The SMILES string of the molecule is CCNc1ccc(C(=O)N2C3CCC2CC(O)C3)c(C)c1. The Morgan fingerprint density at radius 2 is 2.00 bits per heavy atom. The summed E-state index contributed by atoms with van der Waals surface area (Å²) in [5, 5.41) is 13.1. The zero-order valence-electron chi connectivity index (χ0n) is 12.8. The number of aliphatic hydroxyl groups is 1. The average Bonchev–Trinajstić information content (AvgIpc) is 2.71. The van der Waals surface area contributed by atoms with Crippen LogP contribution in [-0.2, 0) is 0 Å². The van der Waals surface area contributed by atoms with Gasteiger partial charge in [-0.2, -0.15) is 0 Å². The number of aliphatic hydroxyl groups excluding tert-OH is 1. The fourth-order valence-corrected chi connectivity index (χ4v) is 3.84. The zero-order valence-corrected chi connectivity index (χ0v) is 12.8. The first-order chi connectivity index (χ1) is 10.1. The van der Waals surface area contributed by atoms with Crippen molar-refractivity contribution < 1.29 is 9.90 Å². The van der Waals surface area contributed by atoms with Crippen LogP contribution in [0.3, 0.4) is 0 Å². The van der Waals surface area contributed by atoms with E-state index in [1.807, 2.05) is 30.0 Å².